The minimum atomic E-state index is -1.58. The molecule has 3 aromatic rings. The van der Waals surface area contributed by atoms with Crippen molar-refractivity contribution >= 4 is 0 Å². The van der Waals surface area contributed by atoms with Crippen molar-refractivity contribution in [3.63, 3.8) is 0 Å². The van der Waals surface area contributed by atoms with Gasteiger partial charge in [0, 0.05) is 36.1 Å². The standard InChI is InChI=1S/C27H32F3N5O5/c1-38-25-19(10-15-11-21(40-33-15)26-2-5-27(31,6-3-26)7-4-26)39-20(13-36)24(37)23(25)35-12-18(32-34-35)14-8-16(28)22(30)17(29)9-14/h8-9,11-12,19-20,23-25,36-37H,2-7,10,13,31H2,1H3/t19-,20-,23+,24+,25+,26?,27?/m1/s1. The summed E-state index contributed by atoms with van der Waals surface area (Å²) in [6.45, 7) is -0.478. The average Bonchev–Trinajstić information content (AvgIpc) is 3.63. The summed E-state index contributed by atoms with van der Waals surface area (Å²) in [5.41, 5.74) is 7.01. The zero-order chi connectivity index (χ0) is 28.2. The number of benzene rings is 1. The average molecular weight is 564 g/mol. The second-order valence-corrected chi connectivity index (χ2v) is 11.4. The first-order valence-corrected chi connectivity index (χ1v) is 13.4. The van der Waals surface area contributed by atoms with Crippen LogP contribution >= 0.6 is 0 Å². The molecule has 3 saturated carbocycles. The molecule has 7 rings (SSSR count). The van der Waals surface area contributed by atoms with Gasteiger partial charge in [0.25, 0.3) is 0 Å². The second-order valence-electron chi connectivity index (χ2n) is 11.4. The van der Waals surface area contributed by atoms with E-state index >= 15 is 0 Å². The molecular formula is C27H32F3N5O5. The smallest absolute Gasteiger partial charge is 0.194 e. The van der Waals surface area contributed by atoms with Crippen LogP contribution in [0.1, 0.15) is 56.0 Å². The monoisotopic (exact) mass is 563 g/mol. The molecule has 216 valence electrons. The van der Waals surface area contributed by atoms with E-state index in [4.69, 9.17) is 19.7 Å². The van der Waals surface area contributed by atoms with E-state index in [1.807, 2.05) is 6.07 Å². The molecule has 0 amide bonds. The third-order valence-electron chi connectivity index (χ3n) is 9.13. The summed E-state index contributed by atoms with van der Waals surface area (Å²) in [5.74, 6) is -3.47. The van der Waals surface area contributed by atoms with Crippen molar-refractivity contribution in [1.29, 1.82) is 0 Å². The van der Waals surface area contributed by atoms with Crippen molar-refractivity contribution in [3.05, 3.63) is 53.3 Å². The summed E-state index contributed by atoms with van der Waals surface area (Å²) in [6.07, 6.45) is 3.71. The molecule has 0 radical (unpaired) electrons. The minimum Gasteiger partial charge on any atom is -0.394 e. The van der Waals surface area contributed by atoms with Gasteiger partial charge in [0.15, 0.2) is 17.5 Å². The van der Waals surface area contributed by atoms with Crippen LogP contribution in [0, 0.1) is 17.5 Å². The van der Waals surface area contributed by atoms with Gasteiger partial charge >= 0.3 is 0 Å². The molecule has 3 heterocycles. The Labute approximate surface area is 228 Å². The summed E-state index contributed by atoms with van der Waals surface area (Å²) in [5, 5.41) is 33.4. The van der Waals surface area contributed by atoms with Crippen LogP contribution in [0.4, 0.5) is 13.2 Å². The Morgan fingerprint density at radius 2 is 1.75 bits per heavy atom. The van der Waals surface area contributed by atoms with Crippen LogP contribution in [0.2, 0.25) is 0 Å². The van der Waals surface area contributed by atoms with Crippen molar-refractivity contribution in [3.8, 4) is 11.3 Å². The van der Waals surface area contributed by atoms with Crippen molar-refractivity contribution in [2.45, 2.75) is 86.4 Å². The highest BCUT2D eigenvalue weighted by atomic mass is 19.2. The van der Waals surface area contributed by atoms with E-state index in [1.165, 1.54) is 18.0 Å². The first-order valence-electron chi connectivity index (χ1n) is 13.4. The van der Waals surface area contributed by atoms with Crippen LogP contribution in [0.5, 0.6) is 0 Å². The van der Waals surface area contributed by atoms with Gasteiger partial charge in [-0.15, -0.1) is 5.10 Å². The number of nitrogens with zero attached hydrogens (tertiary/aromatic N) is 4. The van der Waals surface area contributed by atoms with Crippen LogP contribution in [-0.2, 0) is 21.3 Å². The van der Waals surface area contributed by atoms with Gasteiger partial charge in [-0.2, -0.15) is 0 Å². The zero-order valence-electron chi connectivity index (χ0n) is 22.0. The Morgan fingerprint density at radius 3 is 2.38 bits per heavy atom. The highest BCUT2D eigenvalue weighted by Gasteiger charge is 2.50. The van der Waals surface area contributed by atoms with Crippen LogP contribution in [0.3, 0.4) is 0 Å². The van der Waals surface area contributed by atoms with Crippen molar-refractivity contribution < 1.29 is 37.4 Å². The molecule has 3 aliphatic carbocycles. The first kappa shape index (κ1) is 27.3. The molecule has 2 bridgehead atoms. The maximum Gasteiger partial charge on any atom is 0.194 e. The zero-order valence-corrected chi connectivity index (χ0v) is 22.0. The van der Waals surface area contributed by atoms with E-state index in [-0.39, 0.29) is 28.6 Å². The van der Waals surface area contributed by atoms with Gasteiger partial charge in [-0.1, -0.05) is 10.4 Å². The van der Waals surface area contributed by atoms with Gasteiger partial charge < -0.3 is 29.9 Å². The Morgan fingerprint density at radius 1 is 1.07 bits per heavy atom. The number of aromatic nitrogens is 4. The number of methoxy groups -OCH3 is 1. The predicted molar refractivity (Wildman–Crippen MR) is 133 cm³/mol. The van der Waals surface area contributed by atoms with Gasteiger partial charge in [-0.25, -0.2) is 17.9 Å². The third kappa shape index (κ3) is 4.63. The van der Waals surface area contributed by atoms with E-state index in [2.05, 4.69) is 15.5 Å². The van der Waals surface area contributed by atoms with Gasteiger partial charge in [0.2, 0.25) is 0 Å². The van der Waals surface area contributed by atoms with Crippen LogP contribution in [0.25, 0.3) is 11.3 Å². The third-order valence-corrected chi connectivity index (χ3v) is 9.13. The number of aliphatic hydroxyl groups excluding tert-OH is 2. The first-order chi connectivity index (χ1) is 19.1. The molecule has 1 saturated heterocycles. The van der Waals surface area contributed by atoms with Gasteiger partial charge in [0.05, 0.1) is 24.6 Å². The van der Waals surface area contributed by atoms with Crippen LogP contribution in [-0.4, -0.2) is 74.0 Å². The Hall–Kier alpha value is -2.84. The minimum absolute atomic E-state index is 0.0276. The number of fused-ring (bicyclic) bond motifs is 3. The summed E-state index contributed by atoms with van der Waals surface area (Å²) in [6, 6.07) is 2.70. The number of ether oxygens (including phenoxy) is 2. The molecule has 1 aromatic carbocycles. The van der Waals surface area contributed by atoms with Gasteiger partial charge in [-0.05, 0) is 50.7 Å². The summed E-state index contributed by atoms with van der Waals surface area (Å²) in [4.78, 5) is 0. The van der Waals surface area contributed by atoms with E-state index in [0.717, 1.165) is 56.4 Å². The molecule has 10 nitrogen and oxygen atoms in total. The number of hydrogen-bond donors (Lipinski definition) is 3. The fourth-order valence-corrected chi connectivity index (χ4v) is 6.64. The quantitative estimate of drug-likeness (QED) is 0.370. The fraction of sp³-hybridized carbons (Fsp3) is 0.593. The largest absolute Gasteiger partial charge is 0.394 e. The van der Waals surface area contributed by atoms with Crippen LogP contribution < -0.4 is 5.73 Å². The molecule has 4 aliphatic rings. The van der Waals surface area contributed by atoms with Crippen molar-refractivity contribution in [2.75, 3.05) is 13.7 Å². The molecule has 5 atom stereocenters. The molecule has 0 spiro atoms. The topological polar surface area (TPSA) is 142 Å². The molecule has 4 fully saturated rings. The van der Waals surface area contributed by atoms with E-state index < -0.39 is 54.5 Å². The van der Waals surface area contributed by atoms with E-state index in [0.29, 0.717) is 5.69 Å². The number of halogens is 3. The van der Waals surface area contributed by atoms with Crippen molar-refractivity contribution in [1.82, 2.24) is 20.2 Å². The summed E-state index contributed by atoms with van der Waals surface area (Å²) in [7, 11) is 1.46. The second kappa shape index (κ2) is 10.2. The highest BCUT2D eigenvalue weighted by molar-refractivity contribution is 5.58. The summed E-state index contributed by atoms with van der Waals surface area (Å²) < 4.78 is 60.0. The predicted octanol–water partition coefficient (Wildman–Crippen LogP) is 2.57. The number of rotatable bonds is 7. The lowest BCUT2D eigenvalue weighted by molar-refractivity contribution is -0.212. The molecular weight excluding hydrogens is 531 g/mol. The molecule has 40 heavy (non-hydrogen) atoms. The number of hydrogen-bond acceptors (Lipinski definition) is 9. The molecule has 2 aromatic heterocycles. The lowest BCUT2D eigenvalue weighted by Gasteiger charge is -2.50. The number of nitrogens with two attached hydrogens (primary N) is 1. The Balaban J connectivity index is 1.25. The maximum absolute atomic E-state index is 13.8. The Bertz CT molecular complexity index is 1330. The van der Waals surface area contributed by atoms with Gasteiger partial charge in [0.1, 0.15) is 35.8 Å². The SMILES string of the molecule is CO[C@@H]1[C@@H](n2cc(-c3cc(F)c(F)c(F)c3)nn2)[C@@H](O)[C@@H](CO)O[C@@H]1Cc1cc(C23CCC(N)(CC2)CC3)on1. The lowest BCUT2D eigenvalue weighted by atomic mass is 9.57. The fourth-order valence-electron chi connectivity index (χ4n) is 6.64. The Kier molecular flexibility index (Phi) is 6.98. The van der Waals surface area contributed by atoms with E-state index in [9.17, 15) is 23.4 Å². The molecule has 4 N–H and O–H groups in total. The number of aliphatic hydroxyl groups is 2. The lowest BCUT2D eigenvalue weighted by Crippen LogP contribution is -2.57. The summed E-state index contributed by atoms with van der Waals surface area (Å²) >= 11 is 0. The molecule has 0 unspecified atom stereocenters. The van der Waals surface area contributed by atoms with E-state index in [1.54, 1.807) is 0 Å². The molecule has 13 heteroatoms. The van der Waals surface area contributed by atoms with Gasteiger partial charge in [-0.3, -0.25) is 0 Å². The maximum atomic E-state index is 13.8. The normalized spacial score (nSPS) is 33.9. The van der Waals surface area contributed by atoms with Crippen LogP contribution in [0.15, 0.2) is 28.9 Å². The van der Waals surface area contributed by atoms with Crippen molar-refractivity contribution in [2.24, 2.45) is 5.73 Å². The highest BCUT2D eigenvalue weighted by Crippen LogP contribution is 2.52. The molecule has 1 aliphatic heterocycles.